The third-order valence-electron chi connectivity index (χ3n) is 3.07. The summed E-state index contributed by atoms with van der Waals surface area (Å²) < 4.78 is 10.2. The average molecular weight is 270 g/mol. The van der Waals surface area contributed by atoms with Crippen LogP contribution in [-0.2, 0) is 10.3 Å². The molecule has 5 nitrogen and oxygen atoms in total. The van der Waals surface area contributed by atoms with Gasteiger partial charge in [0.05, 0.1) is 14.2 Å². The molecule has 0 aliphatic heterocycles. The molecule has 1 aromatic carbocycles. The van der Waals surface area contributed by atoms with Crippen LogP contribution < -0.4 is 9.47 Å². The zero-order valence-electron chi connectivity index (χ0n) is 9.99. The minimum Gasteiger partial charge on any atom is -0.506 e. The molecule has 0 atom stereocenters. The number of aromatic hydroxyl groups is 1. The summed E-state index contributed by atoms with van der Waals surface area (Å²) in [4.78, 5) is 14.2. The van der Waals surface area contributed by atoms with Crippen molar-refractivity contribution in [3.63, 3.8) is 0 Å². The lowest BCUT2D eigenvalue weighted by Gasteiger charge is -2.16. The van der Waals surface area contributed by atoms with Gasteiger partial charge in [-0.05, 0) is 18.9 Å². The van der Waals surface area contributed by atoms with Crippen LogP contribution in [0.3, 0.4) is 0 Å². The van der Waals surface area contributed by atoms with Gasteiger partial charge >= 0.3 is 0 Å². The number of benzene rings is 1. The van der Waals surface area contributed by atoms with E-state index in [4.69, 9.17) is 21.1 Å². The maximum atomic E-state index is 10.4. The van der Waals surface area contributed by atoms with Crippen molar-refractivity contribution >= 4 is 17.7 Å². The Labute approximate surface area is 109 Å². The van der Waals surface area contributed by atoms with Gasteiger partial charge in [0.15, 0.2) is 11.5 Å². The number of hydrogen-bond donors (Lipinski definition) is 1. The minimum atomic E-state index is -0.713. The van der Waals surface area contributed by atoms with Gasteiger partial charge in [0.1, 0.15) is 16.3 Å². The number of methoxy groups -OCH3 is 2. The highest BCUT2D eigenvalue weighted by molar-refractivity contribution is 6.34. The molecule has 0 heterocycles. The lowest BCUT2D eigenvalue weighted by Crippen LogP contribution is -2.05. The number of carbonyl (C=O) groups excluding carboxylic acids is 1. The van der Waals surface area contributed by atoms with E-state index in [9.17, 15) is 9.90 Å². The number of aliphatic imine (C=N–C) groups is 1. The molecule has 1 aliphatic rings. The molecule has 0 aromatic heterocycles. The molecule has 2 rings (SSSR count). The summed E-state index contributed by atoms with van der Waals surface area (Å²) in [6, 6.07) is 1.59. The van der Waals surface area contributed by atoms with Crippen molar-refractivity contribution in [1.29, 1.82) is 0 Å². The fraction of sp³-hybridized carbons (Fsp3) is 0.417. The summed E-state index contributed by atoms with van der Waals surface area (Å²) in [5.74, 6) is 0.514. The molecule has 0 saturated heterocycles. The number of hydrogen-bond acceptors (Lipinski definition) is 5. The Morgan fingerprint density at radius 1 is 1.44 bits per heavy atom. The first-order chi connectivity index (χ1) is 8.59. The molecule has 1 N–H and O–H groups in total. The second-order valence-electron chi connectivity index (χ2n) is 4.06. The van der Waals surface area contributed by atoms with Gasteiger partial charge in [-0.3, -0.25) is 0 Å². The van der Waals surface area contributed by atoms with Crippen LogP contribution in [0.2, 0.25) is 5.02 Å². The van der Waals surface area contributed by atoms with Crippen LogP contribution in [0.1, 0.15) is 18.4 Å². The molecule has 6 heteroatoms. The largest absolute Gasteiger partial charge is 0.506 e. The van der Waals surface area contributed by atoms with E-state index in [1.54, 1.807) is 6.07 Å². The fourth-order valence-corrected chi connectivity index (χ4v) is 2.21. The van der Waals surface area contributed by atoms with Crippen molar-refractivity contribution in [1.82, 2.24) is 0 Å². The van der Waals surface area contributed by atoms with Crippen molar-refractivity contribution in [3.8, 4) is 17.2 Å². The third kappa shape index (κ3) is 1.82. The smallest absolute Gasteiger partial charge is 0.235 e. The molecule has 0 radical (unpaired) electrons. The van der Waals surface area contributed by atoms with Crippen molar-refractivity contribution in [3.05, 3.63) is 16.7 Å². The highest BCUT2D eigenvalue weighted by Gasteiger charge is 2.48. The molecular weight excluding hydrogens is 258 g/mol. The van der Waals surface area contributed by atoms with Crippen LogP contribution in [-0.4, -0.2) is 25.4 Å². The first-order valence-electron chi connectivity index (χ1n) is 5.32. The summed E-state index contributed by atoms with van der Waals surface area (Å²) in [5, 5.41) is 10.1. The van der Waals surface area contributed by atoms with E-state index in [2.05, 4.69) is 4.99 Å². The van der Waals surface area contributed by atoms with E-state index in [-0.39, 0.29) is 16.5 Å². The Morgan fingerprint density at radius 2 is 2.11 bits per heavy atom. The zero-order valence-corrected chi connectivity index (χ0v) is 10.7. The molecule has 18 heavy (non-hydrogen) atoms. The Morgan fingerprint density at radius 3 is 2.56 bits per heavy atom. The molecule has 0 spiro atoms. The van der Waals surface area contributed by atoms with Gasteiger partial charge in [0.25, 0.3) is 0 Å². The maximum Gasteiger partial charge on any atom is 0.235 e. The summed E-state index contributed by atoms with van der Waals surface area (Å²) in [6.07, 6.45) is 2.87. The van der Waals surface area contributed by atoms with E-state index in [0.717, 1.165) is 0 Å². The monoisotopic (exact) mass is 269 g/mol. The highest BCUT2D eigenvalue weighted by atomic mass is 35.5. The molecule has 1 aromatic rings. The van der Waals surface area contributed by atoms with Crippen molar-refractivity contribution in [2.45, 2.75) is 18.4 Å². The Bertz CT molecular complexity index is 533. The van der Waals surface area contributed by atoms with E-state index in [1.165, 1.54) is 20.3 Å². The summed E-state index contributed by atoms with van der Waals surface area (Å²) in [5.41, 5.74) is -0.247. The van der Waals surface area contributed by atoms with Crippen LogP contribution in [0.15, 0.2) is 11.1 Å². The number of halogens is 1. The zero-order chi connectivity index (χ0) is 13.3. The molecule has 1 aliphatic carbocycles. The van der Waals surface area contributed by atoms with Crippen LogP contribution in [0.4, 0.5) is 0 Å². The van der Waals surface area contributed by atoms with Crippen molar-refractivity contribution < 1.29 is 19.4 Å². The normalized spacial score (nSPS) is 15.7. The summed E-state index contributed by atoms with van der Waals surface area (Å²) in [7, 11) is 2.90. The number of phenols is 1. The highest BCUT2D eigenvalue weighted by Crippen LogP contribution is 2.56. The Kier molecular flexibility index (Phi) is 3.20. The number of rotatable bonds is 4. The number of ether oxygens (including phenoxy) is 2. The van der Waals surface area contributed by atoms with E-state index >= 15 is 0 Å². The van der Waals surface area contributed by atoms with Gasteiger partial charge in [0, 0.05) is 5.56 Å². The van der Waals surface area contributed by atoms with Gasteiger partial charge in [-0.25, -0.2) is 4.79 Å². The second kappa shape index (κ2) is 4.52. The molecule has 1 fully saturated rings. The van der Waals surface area contributed by atoms with Crippen molar-refractivity contribution in [2.75, 3.05) is 14.2 Å². The van der Waals surface area contributed by atoms with E-state index in [0.29, 0.717) is 24.2 Å². The third-order valence-corrected chi connectivity index (χ3v) is 3.42. The van der Waals surface area contributed by atoms with Crippen LogP contribution in [0.5, 0.6) is 17.2 Å². The Balaban J connectivity index is 2.63. The average Bonchev–Trinajstić information content (AvgIpc) is 3.13. The quantitative estimate of drug-likeness (QED) is 0.673. The number of isocyanates is 1. The van der Waals surface area contributed by atoms with Gasteiger partial charge in [-0.1, -0.05) is 11.6 Å². The maximum absolute atomic E-state index is 10.4. The number of phenolic OH excluding ortho intramolecular Hbond substituents is 1. The SMILES string of the molecule is COc1cc(C2(N=C=O)CC2)c(O)c(Cl)c1OC. The van der Waals surface area contributed by atoms with Gasteiger partial charge in [-0.15, -0.1) is 0 Å². The van der Waals surface area contributed by atoms with Crippen LogP contribution >= 0.6 is 11.6 Å². The first-order valence-corrected chi connectivity index (χ1v) is 5.70. The summed E-state index contributed by atoms with van der Waals surface area (Å²) in [6.45, 7) is 0. The molecule has 0 unspecified atom stereocenters. The molecule has 1 saturated carbocycles. The van der Waals surface area contributed by atoms with Gasteiger partial charge < -0.3 is 14.6 Å². The lowest BCUT2D eigenvalue weighted by molar-refractivity contribution is 0.349. The standard InChI is InChI=1S/C12H12ClNO4/c1-17-8-5-7(12(3-4-12)14-6-15)10(16)9(13)11(8)18-2/h5,16H,3-4H2,1-2H3. The predicted molar refractivity (Wildman–Crippen MR) is 65.3 cm³/mol. The Hall–Kier alpha value is -1.71. The topological polar surface area (TPSA) is 68.1 Å². The second-order valence-corrected chi connectivity index (χ2v) is 4.43. The first kappa shape index (κ1) is 12.7. The van der Waals surface area contributed by atoms with Crippen molar-refractivity contribution in [2.24, 2.45) is 4.99 Å². The van der Waals surface area contributed by atoms with Gasteiger partial charge in [-0.2, -0.15) is 4.99 Å². The van der Waals surface area contributed by atoms with E-state index < -0.39 is 5.54 Å². The molecule has 0 amide bonds. The fourth-order valence-electron chi connectivity index (χ4n) is 1.94. The molecular formula is C12H12ClNO4. The minimum absolute atomic E-state index is 0.0548. The lowest BCUT2D eigenvalue weighted by atomic mass is 10.0. The number of nitrogens with zero attached hydrogens (tertiary/aromatic N) is 1. The molecule has 96 valence electrons. The molecule has 0 bridgehead atoms. The summed E-state index contributed by atoms with van der Waals surface area (Å²) >= 11 is 6.02. The van der Waals surface area contributed by atoms with Gasteiger partial charge in [0.2, 0.25) is 6.08 Å². The van der Waals surface area contributed by atoms with Crippen LogP contribution in [0, 0.1) is 0 Å². The predicted octanol–water partition coefficient (Wildman–Crippen LogP) is 2.39. The van der Waals surface area contributed by atoms with Crippen LogP contribution in [0.25, 0.3) is 0 Å². The van der Waals surface area contributed by atoms with E-state index in [1.807, 2.05) is 0 Å².